The fourth-order valence-corrected chi connectivity index (χ4v) is 4.09. The van der Waals surface area contributed by atoms with Crippen LogP contribution in [-0.2, 0) is 10.0 Å². The van der Waals surface area contributed by atoms with Crippen LogP contribution in [0.2, 0.25) is 5.02 Å². The summed E-state index contributed by atoms with van der Waals surface area (Å²) in [6.07, 6.45) is 1.36. The molecule has 20 heavy (non-hydrogen) atoms. The SMILES string of the molecule is Cc1cc(S(=O)(=O)N2CCC(CO)CC2)cc(N)c1Cl. The highest BCUT2D eigenvalue weighted by molar-refractivity contribution is 7.89. The smallest absolute Gasteiger partial charge is 0.243 e. The number of hydrogen-bond donors (Lipinski definition) is 2. The number of halogens is 1. The fourth-order valence-electron chi connectivity index (χ4n) is 2.39. The number of aliphatic hydroxyl groups excluding tert-OH is 1. The molecule has 0 amide bonds. The Kier molecular flexibility index (Phi) is 4.59. The van der Waals surface area contributed by atoms with Crippen LogP contribution < -0.4 is 5.73 Å². The zero-order chi connectivity index (χ0) is 14.9. The third kappa shape index (κ3) is 2.93. The Balaban J connectivity index is 2.27. The van der Waals surface area contributed by atoms with Gasteiger partial charge in [0.05, 0.1) is 15.6 Å². The molecule has 0 bridgehead atoms. The number of sulfonamides is 1. The van der Waals surface area contributed by atoms with Gasteiger partial charge in [-0.3, -0.25) is 0 Å². The van der Waals surface area contributed by atoms with Crippen molar-refractivity contribution in [1.29, 1.82) is 0 Å². The largest absolute Gasteiger partial charge is 0.397 e. The Bertz CT molecular complexity index is 573. The molecule has 1 fully saturated rings. The number of anilines is 1. The summed E-state index contributed by atoms with van der Waals surface area (Å²) in [6.45, 7) is 2.70. The summed E-state index contributed by atoms with van der Waals surface area (Å²) in [7, 11) is -3.54. The number of rotatable bonds is 3. The molecule has 1 aliphatic heterocycles. The predicted octanol–water partition coefficient (Wildman–Crippen LogP) is 1.62. The molecule has 0 radical (unpaired) electrons. The number of piperidine rings is 1. The van der Waals surface area contributed by atoms with E-state index in [0.717, 1.165) is 0 Å². The molecule has 0 aromatic heterocycles. The molecule has 0 aliphatic carbocycles. The average Bonchev–Trinajstić information content (AvgIpc) is 2.44. The van der Waals surface area contributed by atoms with E-state index in [1.807, 2.05) is 0 Å². The number of nitrogens with two attached hydrogens (primary N) is 1. The molecule has 1 heterocycles. The van der Waals surface area contributed by atoms with E-state index < -0.39 is 10.0 Å². The monoisotopic (exact) mass is 318 g/mol. The normalized spacial score (nSPS) is 18.4. The highest BCUT2D eigenvalue weighted by atomic mass is 35.5. The molecular formula is C13H19ClN2O3S. The standard InChI is InChI=1S/C13H19ClN2O3S/c1-9-6-11(7-12(15)13(9)14)20(18,19)16-4-2-10(8-17)3-5-16/h6-7,10,17H,2-5,8,15H2,1H3. The lowest BCUT2D eigenvalue weighted by Gasteiger charge is -2.30. The van der Waals surface area contributed by atoms with Gasteiger partial charge in [-0.1, -0.05) is 11.6 Å². The van der Waals surface area contributed by atoms with Crippen LogP contribution in [0.5, 0.6) is 0 Å². The lowest BCUT2D eigenvalue weighted by atomic mass is 10.00. The van der Waals surface area contributed by atoms with Gasteiger partial charge in [0.25, 0.3) is 0 Å². The second-order valence-corrected chi connectivity index (χ2v) is 7.49. The number of hydrogen-bond acceptors (Lipinski definition) is 4. The van der Waals surface area contributed by atoms with Crippen LogP contribution in [0.1, 0.15) is 18.4 Å². The van der Waals surface area contributed by atoms with Crippen molar-refractivity contribution in [2.45, 2.75) is 24.7 Å². The van der Waals surface area contributed by atoms with Gasteiger partial charge in [-0.15, -0.1) is 0 Å². The maximum absolute atomic E-state index is 12.6. The van der Waals surface area contributed by atoms with Crippen LogP contribution in [0.3, 0.4) is 0 Å². The first kappa shape index (κ1) is 15.6. The van der Waals surface area contributed by atoms with Crippen LogP contribution in [0.25, 0.3) is 0 Å². The molecule has 0 unspecified atom stereocenters. The Morgan fingerprint density at radius 3 is 2.50 bits per heavy atom. The molecule has 0 saturated carbocycles. The minimum absolute atomic E-state index is 0.112. The van der Waals surface area contributed by atoms with E-state index in [1.165, 1.54) is 10.4 Å². The first-order valence-electron chi connectivity index (χ1n) is 6.53. The first-order chi connectivity index (χ1) is 9.36. The molecule has 7 heteroatoms. The van der Waals surface area contributed by atoms with Crippen molar-refractivity contribution in [1.82, 2.24) is 4.31 Å². The van der Waals surface area contributed by atoms with Crippen molar-refractivity contribution in [3.05, 3.63) is 22.7 Å². The zero-order valence-corrected chi connectivity index (χ0v) is 12.9. The van der Waals surface area contributed by atoms with Crippen molar-refractivity contribution in [3.63, 3.8) is 0 Å². The van der Waals surface area contributed by atoms with Crippen LogP contribution in [0.4, 0.5) is 5.69 Å². The highest BCUT2D eigenvalue weighted by Gasteiger charge is 2.29. The van der Waals surface area contributed by atoms with Crippen LogP contribution in [0, 0.1) is 12.8 Å². The van der Waals surface area contributed by atoms with Gasteiger partial charge >= 0.3 is 0 Å². The van der Waals surface area contributed by atoms with E-state index >= 15 is 0 Å². The van der Waals surface area contributed by atoms with Crippen LogP contribution in [-0.4, -0.2) is 37.5 Å². The number of benzene rings is 1. The van der Waals surface area contributed by atoms with Crippen molar-refractivity contribution >= 4 is 27.3 Å². The van der Waals surface area contributed by atoms with E-state index in [-0.39, 0.29) is 23.1 Å². The highest BCUT2D eigenvalue weighted by Crippen LogP contribution is 2.30. The van der Waals surface area contributed by atoms with E-state index in [9.17, 15) is 8.42 Å². The summed E-state index contributed by atoms with van der Waals surface area (Å²) in [5.74, 6) is 0.193. The Labute approximate surface area is 124 Å². The minimum atomic E-state index is -3.54. The van der Waals surface area contributed by atoms with E-state index in [2.05, 4.69) is 0 Å². The van der Waals surface area contributed by atoms with Gasteiger partial charge in [0.15, 0.2) is 0 Å². The fraction of sp³-hybridized carbons (Fsp3) is 0.538. The van der Waals surface area contributed by atoms with Crippen molar-refractivity contribution in [3.8, 4) is 0 Å². The molecule has 1 aromatic rings. The van der Waals surface area contributed by atoms with Gasteiger partial charge in [0.2, 0.25) is 10.0 Å². The van der Waals surface area contributed by atoms with Gasteiger partial charge in [0, 0.05) is 19.7 Å². The molecule has 3 N–H and O–H groups in total. The second-order valence-electron chi connectivity index (χ2n) is 5.17. The minimum Gasteiger partial charge on any atom is -0.397 e. The third-order valence-corrected chi connectivity index (χ3v) is 6.12. The van der Waals surface area contributed by atoms with E-state index in [0.29, 0.717) is 36.5 Å². The second kappa shape index (κ2) is 5.89. The summed E-state index contributed by atoms with van der Waals surface area (Å²) in [5.41, 5.74) is 6.67. The lowest BCUT2D eigenvalue weighted by molar-refractivity contribution is 0.170. The van der Waals surface area contributed by atoms with Crippen LogP contribution in [0.15, 0.2) is 17.0 Å². The quantitative estimate of drug-likeness (QED) is 0.830. The first-order valence-corrected chi connectivity index (χ1v) is 8.34. The molecule has 0 spiro atoms. The molecule has 0 atom stereocenters. The molecule has 5 nitrogen and oxygen atoms in total. The summed E-state index contributed by atoms with van der Waals surface area (Å²) in [5, 5.41) is 9.49. The summed E-state index contributed by atoms with van der Waals surface area (Å²) in [6, 6.07) is 2.95. The zero-order valence-electron chi connectivity index (χ0n) is 11.3. The number of aryl methyl sites for hydroxylation is 1. The predicted molar refractivity (Wildman–Crippen MR) is 79.2 cm³/mol. The molecule has 1 saturated heterocycles. The van der Waals surface area contributed by atoms with Gasteiger partial charge in [-0.25, -0.2) is 8.42 Å². The van der Waals surface area contributed by atoms with E-state index in [4.69, 9.17) is 22.4 Å². The maximum Gasteiger partial charge on any atom is 0.243 e. The molecule has 2 rings (SSSR count). The topological polar surface area (TPSA) is 83.6 Å². The van der Waals surface area contributed by atoms with Crippen molar-refractivity contribution in [2.75, 3.05) is 25.4 Å². The Morgan fingerprint density at radius 2 is 2.00 bits per heavy atom. The van der Waals surface area contributed by atoms with Gasteiger partial charge in [0.1, 0.15) is 0 Å². The number of aliphatic hydroxyl groups is 1. The summed E-state index contributed by atoms with van der Waals surface area (Å²) >= 11 is 5.96. The Morgan fingerprint density at radius 1 is 1.40 bits per heavy atom. The van der Waals surface area contributed by atoms with Crippen LogP contribution >= 0.6 is 11.6 Å². The number of nitrogen functional groups attached to an aromatic ring is 1. The van der Waals surface area contributed by atoms with Gasteiger partial charge < -0.3 is 10.8 Å². The Hall–Kier alpha value is -0.820. The van der Waals surface area contributed by atoms with E-state index in [1.54, 1.807) is 13.0 Å². The average molecular weight is 319 g/mol. The molecular weight excluding hydrogens is 300 g/mol. The summed E-state index contributed by atoms with van der Waals surface area (Å²) < 4.78 is 26.6. The lowest BCUT2D eigenvalue weighted by Crippen LogP contribution is -2.39. The molecule has 1 aliphatic rings. The molecule has 1 aromatic carbocycles. The summed E-state index contributed by atoms with van der Waals surface area (Å²) in [4.78, 5) is 0.180. The maximum atomic E-state index is 12.6. The molecule has 112 valence electrons. The van der Waals surface area contributed by atoms with Crippen molar-refractivity contribution in [2.24, 2.45) is 5.92 Å². The third-order valence-electron chi connectivity index (χ3n) is 3.73. The van der Waals surface area contributed by atoms with Gasteiger partial charge in [-0.2, -0.15) is 4.31 Å². The number of nitrogens with zero attached hydrogens (tertiary/aromatic N) is 1. The van der Waals surface area contributed by atoms with Gasteiger partial charge in [-0.05, 0) is 43.4 Å². The van der Waals surface area contributed by atoms with Crippen molar-refractivity contribution < 1.29 is 13.5 Å².